The molecule has 0 radical (unpaired) electrons. The van der Waals surface area contributed by atoms with E-state index in [1.807, 2.05) is 4.90 Å². The first-order valence-corrected chi connectivity index (χ1v) is 17.0. The summed E-state index contributed by atoms with van der Waals surface area (Å²) in [5, 5.41) is 11.7. The Morgan fingerprint density at radius 1 is 0.936 bits per heavy atom. The number of aliphatic hydroxyl groups excluding tert-OH is 1. The maximum Gasteiger partial charge on any atom is 0.406 e. The molecule has 2 aliphatic carbocycles. The number of sulfonamides is 1. The fourth-order valence-electron chi connectivity index (χ4n) is 7.14. The van der Waals surface area contributed by atoms with Gasteiger partial charge in [0, 0.05) is 31.6 Å². The third-order valence-corrected chi connectivity index (χ3v) is 11.2. The largest absolute Gasteiger partial charge is 0.406 e. The number of halogens is 6. The van der Waals surface area contributed by atoms with Gasteiger partial charge in [-0.05, 0) is 79.8 Å². The highest BCUT2D eigenvalue weighted by Gasteiger charge is 2.57. The highest BCUT2D eigenvalue weighted by atomic mass is 32.2. The lowest BCUT2D eigenvalue weighted by Crippen LogP contribution is -2.47. The second kappa shape index (κ2) is 11.6. The van der Waals surface area contributed by atoms with Gasteiger partial charge in [-0.25, -0.2) is 21.6 Å². The van der Waals surface area contributed by atoms with Gasteiger partial charge < -0.3 is 15.3 Å². The van der Waals surface area contributed by atoms with E-state index in [-0.39, 0.29) is 32.8 Å². The van der Waals surface area contributed by atoms with E-state index in [0.717, 1.165) is 31.7 Å². The number of nitrogens with zero attached hydrogens (tertiary/aromatic N) is 2. The number of benzene rings is 2. The second-order valence-electron chi connectivity index (χ2n) is 13.1. The zero-order valence-corrected chi connectivity index (χ0v) is 26.0. The molecule has 47 heavy (non-hydrogen) atoms. The average molecular weight is 689 g/mol. The number of piperidine rings is 1. The van der Waals surface area contributed by atoms with Crippen molar-refractivity contribution in [1.82, 2.24) is 0 Å². The van der Waals surface area contributed by atoms with Gasteiger partial charge in [0.25, 0.3) is 5.91 Å². The van der Waals surface area contributed by atoms with E-state index in [0.29, 0.717) is 18.8 Å². The molecular weight excluding hydrogens is 654 g/mol. The highest BCUT2D eigenvalue weighted by molar-refractivity contribution is 7.92. The summed E-state index contributed by atoms with van der Waals surface area (Å²) in [7, 11) is -3.88. The Hall–Kier alpha value is -3.53. The van der Waals surface area contributed by atoms with E-state index in [1.54, 1.807) is 0 Å². The number of carbonyl (C=O) groups excluding carboxylic acids is 2. The summed E-state index contributed by atoms with van der Waals surface area (Å²) in [4.78, 5) is 29.4. The molecule has 4 aliphatic rings. The Morgan fingerprint density at radius 3 is 2.19 bits per heavy atom. The molecule has 0 bridgehead atoms. The number of hydrogen-bond donors (Lipinski definition) is 3. The van der Waals surface area contributed by atoms with Crippen LogP contribution in [0.5, 0.6) is 0 Å². The Morgan fingerprint density at radius 2 is 1.60 bits per heavy atom. The van der Waals surface area contributed by atoms with Crippen LogP contribution in [0.4, 0.5) is 49.1 Å². The molecule has 2 aromatic rings. The van der Waals surface area contributed by atoms with Crippen molar-refractivity contribution in [3.63, 3.8) is 0 Å². The molecule has 2 amide bonds. The van der Waals surface area contributed by atoms with E-state index < -0.39 is 95.4 Å². The van der Waals surface area contributed by atoms with Gasteiger partial charge >= 0.3 is 6.18 Å². The molecule has 2 heterocycles. The van der Waals surface area contributed by atoms with E-state index in [1.165, 1.54) is 24.3 Å². The quantitative estimate of drug-likeness (QED) is 0.313. The minimum atomic E-state index is -4.89. The predicted octanol–water partition coefficient (Wildman–Crippen LogP) is 5.55. The van der Waals surface area contributed by atoms with Gasteiger partial charge in [-0.3, -0.25) is 19.2 Å². The number of rotatable bonds is 8. The van der Waals surface area contributed by atoms with Gasteiger partial charge in [0.1, 0.15) is 12.4 Å². The molecule has 256 valence electrons. The molecule has 0 unspecified atom stereocenters. The lowest BCUT2D eigenvalue weighted by molar-refractivity contribution is -0.137. The smallest absolute Gasteiger partial charge is 0.395 e. The lowest BCUT2D eigenvalue weighted by atomic mass is 9.69. The first-order valence-electron chi connectivity index (χ1n) is 15.4. The molecule has 3 fully saturated rings. The van der Waals surface area contributed by atoms with Gasteiger partial charge in [0.2, 0.25) is 21.9 Å². The van der Waals surface area contributed by atoms with Crippen molar-refractivity contribution in [2.75, 3.05) is 51.8 Å². The number of amides is 2. The second-order valence-corrected chi connectivity index (χ2v) is 15.0. The Bertz CT molecular complexity index is 1690. The number of aliphatic hydroxyl groups is 1. The number of anilines is 4. The summed E-state index contributed by atoms with van der Waals surface area (Å²) in [6, 6.07) is 6.20. The van der Waals surface area contributed by atoms with Gasteiger partial charge in [-0.2, -0.15) is 13.2 Å². The molecule has 9 nitrogen and oxygen atoms in total. The highest BCUT2D eigenvalue weighted by Crippen LogP contribution is 2.56. The first-order chi connectivity index (χ1) is 22.0. The van der Waals surface area contributed by atoms with E-state index in [4.69, 9.17) is 5.11 Å². The molecule has 3 N–H and O–H groups in total. The van der Waals surface area contributed by atoms with Crippen LogP contribution in [0, 0.1) is 11.2 Å². The van der Waals surface area contributed by atoms with E-state index >= 15 is 4.39 Å². The minimum absolute atomic E-state index is 0.101. The number of nitrogens with one attached hydrogen (secondary N) is 2. The standard InChI is InChI=1S/C31H34F6N4O5S/c32-23-16-20(15-22-25(23)41(18-31(35,36)37)27(44)29(22)5-7-30(33,34)8-6-29)38-26(43)21-2-1-19(39-47(45,46)14-13-42)17-24(21)40-11-9-28(3-4-28)10-12-40/h1-2,15-17,39,42H,3-14,18H2,(H,38,43). The van der Waals surface area contributed by atoms with E-state index in [2.05, 4.69) is 10.0 Å². The fraction of sp³-hybridized carbons (Fsp3) is 0.548. The molecule has 16 heteroatoms. The van der Waals surface area contributed by atoms with Crippen LogP contribution >= 0.6 is 0 Å². The van der Waals surface area contributed by atoms with Crippen LogP contribution in [0.3, 0.4) is 0 Å². The van der Waals surface area contributed by atoms with Crippen LogP contribution < -0.4 is 19.8 Å². The first kappa shape index (κ1) is 33.4. The van der Waals surface area contributed by atoms with Crippen LogP contribution in [0.1, 0.15) is 67.3 Å². The van der Waals surface area contributed by atoms with Crippen molar-refractivity contribution in [3.8, 4) is 0 Å². The Kier molecular flexibility index (Phi) is 8.21. The van der Waals surface area contributed by atoms with Crippen LogP contribution in [0.2, 0.25) is 0 Å². The Labute approximate surface area is 267 Å². The molecule has 2 aromatic carbocycles. The number of carbonyl (C=O) groups is 2. The zero-order chi connectivity index (χ0) is 34.0. The normalized spacial score (nSPS) is 21.2. The zero-order valence-electron chi connectivity index (χ0n) is 25.2. The molecule has 0 aromatic heterocycles. The fourth-order valence-corrected chi connectivity index (χ4v) is 7.97. The van der Waals surface area contributed by atoms with Gasteiger partial charge in [-0.15, -0.1) is 0 Å². The van der Waals surface area contributed by atoms with Crippen LogP contribution in [0.15, 0.2) is 30.3 Å². The molecule has 6 rings (SSSR count). The number of fused-ring (bicyclic) bond motifs is 2. The Balaban J connectivity index is 1.34. The lowest BCUT2D eigenvalue weighted by Gasteiger charge is -2.36. The van der Waals surface area contributed by atoms with Crippen molar-refractivity contribution in [2.45, 2.75) is 68.9 Å². The molecule has 1 saturated heterocycles. The van der Waals surface area contributed by atoms with Crippen LogP contribution in [0.25, 0.3) is 0 Å². The average Bonchev–Trinajstić information content (AvgIpc) is 3.69. The third-order valence-electron chi connectivity index (χ3n) is 9.93. The topological polar surface area (TPSA) is 119 Å². The molecular formula is C31H34F6N4O5S. The maximum atomic E-state index is 15.7. The van der Waals surface area contributed by atoms with Crippen molar-refractivity contribution in [3.05, 3.63) is 47.3 Å². The molecule has 0 atom stereocenters. The summed E-state index contributed by atoms with van der Waals surface area (Å²) >= 11 is 0. The van der Waals surface area contributed by atoms with Gasteiger partial charge in [0.05, 0.1) is 40.4 Å². The van der Waals surface area contributed by atoms with Crippen molar-refractivity contribution >= 4 is 44.6 Å². The predicted molar refractivity (Wildman–Crippen MR) is 162 cm³/mol. The van der Waals surface area contributed by atoms with Crippen molar-refractivity contribution < 1.29 is 49.5 Å². The molecule has 2 saturated carbocycles. The van der Waals surface area contributed by atoms with Gasteiger partial charge in [-0.1, -0.05) is 0 Å². The third kappa shape index (κ3) is 6.62. The number of hydrogen-bond acceptors (Lipinski definition) is 6. The summed E-state index contributed by atoms with van der Waals surface area (Å²) < 4.78 is 111. The monoisotopic (exact) mass is 688 g/mol. The summed E-state index contributed by atoms with van der Waals surface area (Å²) in [6.07, 6.45) is -3.46. The summed E-state index contributed by atoms with van der Waals surface area (Å²) in [6.45, 7) is -1.22. The van der Waals surface area contributed by atoms with Crippen molar-refractivity contribution in [1.29, 1.82) is 0 Å². The number of alkyl halides is 5. The minimum Gasteiger partial charge on any atom is -0.395 e. The molecule has 2 aliphatic heterocycles. The summed E-state index contributed by atoms with van der Waals surface area (Å²) in [5.41, 5.74) is -1.90. The van der Waals surface area contributed by atoms with Crippen LogP contribution in [-0.2, 0) is 20.2 Å². The summed E-state index contributed by atoms with van der Waals surface area (Å²) in [5.74, 6) is -6.73. The van der Waals surface area contributed by atoms with Crippen LogP contribution in [-0.4, -0.2) is 69.4 Å². The van der Waals surface area contributed by atoms with E-state index in [9.17, 15) is 40.0 Å². The van der Waals surface area contributed by atoms with Crippen molar-refractivity contribution in [2.24, 2.45) is 5.41 Å². The SMILES string of the molecule is O=C(Nc1cc(F)c2c(c1)C1(CCC(F)(F)CC1)C(=O)N2CC(F)(F)F)c1ccc(NS(=O)(=O)CCO)cc1N1CCC2(CC1)CC2. The van der Waals surface area contributed by atoms with Gasteiger partial charge in [0.15, 0.2) is 0 Å². The maximum absolute atomic E-state index is 15.7. The molecule has 2 spiro atoms.